The summed E-state index contributed by atoms with van der Waals surface area (Å²) in [5.74, 6) is -8.09. The van der Waals surface area contributed by atoms with E-state index in [0.717, 1.165) is 6.21 Å². The van der Waals surface area contributed by atoms with Crippen LogP contribution in [0.4, 0.5) is 5.69 Å². The highest BCUT2D eigenvalue weighted by molar-refractivity contribution is 6.23. The average Bonchev–Trinajstić information content (AvgIpc) is 3.47. The van der Waals surface area contributed by atoms with Gasteiger partial charge in [0.05, 0.1) is 53.0 Å². The highest BCUT2D eigenvalue weighted by Crippen LogP contribution is 2.55. The molecule has 3 aliphatic rings. The van der Waals surface area contributed by atoms with Gasteiger partial charge in [0.1, 0.15) is 29.2 Å². The average molecular weight is 837 g/mol. The summed E-state index contributed by atoms with van der Waals surface area (Å²) in [7, 11) is 1.43. The number of Topliss-reactive ketones (excluding diaryl/α,β-unsaturated/α-hetero) is 1. The van der Waals surface area contributed by atoms with Gasteiger partial charge in [0.15, 0.2) is 5.75 Å². The van der Waals surface area contributed by atoms with E-state index in [9.17, 15) is 39.9 Å². The molecule has 0 unspecified atom stereocenters. The largest absolute Gasteiger partial charge is 0.507 e. The number of phenolic OH excluding ortho intramolecular Hbond substituents is 3. The maximum Gasteiger partial charge on any atom is 0.312 e. The van der Waals surface area contributed by atoms with E-state index in [4.69, 9.17) is 18.9 Å². The van der Waals surface area contributed by atoms with Gasteiger partial charge in [-0.1, -0.05) is 45.9 Å². The second kappa shape index (κ2) is 19.3. The topological polar surface area (TPSA) is 229 Å². The number of aliphatic hydroxyl groups excluding tert-OH is 2. The summed E-state index contributed by atoms with van der Waals surface area (Å²) in [5, 5.41) is 68.7. The predicted octanol–water partition coefficient (Wildman–Crippen LogP) is 5.85. The second-order valence-corrected chi connectivity index (χ2v) is 15.7. The van der Waals surface area contributed by atoms with E-state index in [2.05, 4.69) is 15.5 Å². The van der Waals surface area contributed by atoms with Crippen molar-refractivity contribution < 1.29 is 58.9 Å². The summed E-state index contributed by atoms with van der Waals surface area (Å²) in [6.45, 7) is 19.4. The number of ketones is 1. The van der Waals surface area contributed by atoms with Crippen LogP contribution >= 0.6 is 0 Å². The highest BCUT2D eigenvalue weighted by atomic mass is 16.7. The van der Waals surface area contributed by atoms with Gasteiger partial charge in [-0.2, -0.15) is 5.10 Å². The number of aromatic hydroxyl groups is 3. The minimum atomic E-state index is -2.07. The van der Waals surface area contributed by atoms with Crippen LogP contribution in [-0.4, -0.2) is 111 Å². The van der Waals surface area contributed by atoms with E-state index in [1.54, 1.807) is 46.8 Å². The van der Waals surface area contributed by atoms with Crippen molar-refractivity contribution in [3.63, 3.8) is 0 Å². The molecule has 3 heterocycles. The Kier molecular flexibility index (Phi) is 15.2. The van der Waals surface area contributed by atoms with E-state index < -0.39 is 88.8 Å². The number of esters is 1. The third kappa shape index (κ3) is 9.30. The number of fused-ring (bicyclic) bond motifs is 14. The summed E-state index contributed by atoms with van der Waals surface area (Å²) < 4.78 is 23.6. The summed E-state index contributed by atoms with van der Waals surface area (Å²) >= 11 is 0. The minimum absolute atomic E-state index is 0.0347. The van der Waals surface area contributed by atoms with Crippen molar-refractivity contribution in [2.75, 3.05) is 25.5 Å². The number of nitrogens with one attached hydrogen (secondary N) is 1. The molecule has 0 saturated heterocycles. The van der Waals surface area contributed by atoms with Crippen molar-refractivity contribution in [1.29, 1.82) is 0 Å². The summed E-state index contributed by atoms with van der Waals surface area (Å²) in [4.78, 5) is 42.4. The first kappa shape index (κ1) is 47.2. The van der Waals surface area contributed by atoms with Crippen LogP contribution in [0.1, 0.15) is 90.7 Å². The van der Waals surface area contributed by atoms with Crippen molar-refractivity contribution in [3.05, 3.63) is 52.8 Å². The summed E-state index contributed by atoms with van der Waals surface area (Å²) in [6.07, 6.45) is 4.58. The molecule has 1 amide bonds. The van der Waals surface area contributed by atoms with Crippen LogP contribution in [0.2, 0.25) is 0 Å². The van der Waals surface area contributed by atoms with Gasteiger partial charge in [-0.05, 0) is 40.7 Å². The molecule has 3 aliphatic heterocycles. The number of benzene rings is 2. The number of carbonyl (C=O) groups excluding carboxylic acids is 3. The third-order valence-corrected chi connectivity index (χ3v) is 11.6. The predicted molar refractivity (Wildman–Crippen MR) is 227 cm³/mol. The molecule has 0 aliphatic carbocycles. The molecule has 16 heteroatoms. The zero-order valence-electron chi connectivity index (χ0n) is 36.4. The Morgan fingerprint density at radius 3 is 2.20 bits per heavy atom. The van der Waals surface area contributed by atoms with Crippen molar-refractivity contribution in [2.24, 2.45) is 33.9 Å². The van der Waals surface area contributed by atoms with E-state index in [-0.39, 0.29) is 44.5 Å². The van der Waals surface area contributed by atoms with E-state index in [1.807, 2.05) is 18.7 Å². The molecule has 0 spiro atoms. The molecule has 0 saturated carbocycles. The van der Waals surface area contributed by atoms with E-state index in [1.165, 1.54) is 53.2 Å². The molecule has 0 radical (unpaired) electrons. The smallest absolute Gasteiger partial charge is 0.312 e. The van der Waals surface area contributed by atoms with Crippen LogP contribution in [0.25, 0.3) is 10.8 Å². The molecule has 0 fully saturated rings. The fourth-order valence-electron chi connectivity index (χ4n) is 7.79. The molecule has 2 aromatic carbocycles. The van der Waals surface area contributed by atoms with Crippen LogP contribution in [0, 0.1) is 30.6 Å². The molecule has 60 heavy (non-hydrogen) atoms. The van der Waals surface area contributed by atoms with Gasteiger partial charge < -0.3 is 54.7 Å². The number of methoxy groups -OCH3 is 1. The Bertz CT molecular complexity index is 2120. The first-order chi connectivity index (χ1) is 28.2. The van der Waals surface area contributed by atoms with Gasteiger partial charge in [-0.25, -0.2) is 0 Å². The number of nitrogens with zero attached hydrogens (tertiary/aromatic N) is 3. The van der Waals surface area contributed by atoms with Crippen LogP contribution < -0.4 is 10.1 Å². The van der Waals surface area contributed by atoms with Crippen molar-refractivity contribution in [2.45, 2.75) is 106 Å². The van der Waals surface area contributed by atoms with Crippen molar-refractivity contribution in [1.82, 2.24) is 4.90 Å². The van der Waals surface area contributed by atoms with Crippen molar-refractivity contribution >= 4 is 46.2 Å². The fraction of sp³-hybridized carbons (Fsp3) is 0.523. The van der Waals surface area contributed by atoms with Gasteiger partial charge in [0, 0.05) is 74.2 Å². The lowest BCUT2D eigenvalue weighted by molar-refractivity contribution is -0.160. The Morgan fingerprint density at radius 1 is 0.950 bits per heavy atom. The summed E-state index contributed by atoms with van der Waals surface area (Å²) in [5.41, 5.74) is -0.591. The molecule has 0 aromatic heterocycles. The van der Waals surface area contributed by atoms with Crippen molar-refractivity contribution in [3.8, 4) is 23.0 Å². The molecule has 2 aromatic rings. The zero-order valence-corrected chi connectivity index (χ0v) is 36.4. The number of hydrogen-bond donors (Lipinski definition) is 6. The number of hydrogen-bond acceptors (Lipinski definition) is 14. The normalized spacial score (nSPS) is 30.1. The SMILES string of the molecule is CCN(CC)/C(C)=N/N=C/c1c2c(O)c3c(O)c(C)c4c(c3c1O)C(=O)[C@@](C)(O/C=C/[C@H](OC)[C@H](C)[C@@H](OC(C)=O)[C@@H](C)[C@H](O)[C@H](C)[C@@H](O)[C@@H](C)/C=C/C=C(/C)C(=O)N2)O4. The fourth-order valence-corrected chi connectivity index (χ4v) is 7.79. The van der Waals surface area contributed by atoms with Gasteiger partial charge >= 0.3 is 11.8 Å². The molecule has 5 bridgehead atoms. The number of anilines is 1. The first-order valence-corrected chi connectivity index (χ1v) is 20.1. The molecule has 9 atom stereocenters. The standard InChI is InChI=1S/C44H60N4O12/c1-13-48(14-2)27(9)47-45-20-29-34-39(54)32-31(38(29)53)33-41(26(8)37(32)52)60-44(11,42(33)55)58-19-18-30(57-12)23(5)40(59-28(10)49)25(7)36(51)24(6)35(50)21(3)16-15-17-22(4)43(56)46-34/h15-21,23-25,30,35-36,40,50-54H,13-14H2,1-12H3,(H,46,56)/b16-15+,19-18+,22-17-,45-20+,47-27+/t21-,23-,24+,25-,30-,35-,36+,40+,44-/m0/s1. The molecular formula is C44H60N4O12. The second-order valence-electron chi connectivity index (χ2n) is 15.7. The molecule has 6 N–H and O–H groups in total. The van der Waals surface area contributed by atoms with Crippen LogP contribution in [0.5, 0.6) is 23.0 Å². The zero-order chi connectivity index (χ0) is 45.0. The lowest BCUT2D eigenvalue weighted by atomic mass is 9.78. The van der Waals surface area contributed by atoms with E-state index in [0.29, 0.717) is 18.9 Å². The number of carbonyl (C=O) groups is 3. The Hall–Kier alpha value is -5.45. The highest BCUT2D eigenvalue weighted by Gasteiger charge is 2.50. The Balaban J connectivity index is 2.00. The van der Waals surface area contributed by atoms with Gasteiger partial charge in [-0.3, -0.25) is 14.4 Å². The maximum atomic E-state index is 14.4. The van der Waals surface area contributed by atoms with Crippen LogP contribution in [0.3, 0.4) is 0 Å². The summed E-state index contributed by atoms with van der Waals surface area (Å²) in [6, 6.07) is 0. The Labute approximate surface area is 350 Å². The number of rotatable bonds is 6. The monoisotopic (exact) mass is 836 g/mol. The van der Waals surface area contributed by atoms with Gasteiger partial charge in [0.2, 0.25) is 0 Å². The minimum Gasteiger partial charge on any atom is -0.507 e. The number of amides is 1. The van der Waals surface area contributed by atoms with Crippen LogP contribution in [0.15, 0.2) is 46.3 Å². The molecular weight excluding hydrogens is 776 g/mol. The third-order valence-electron chi connectivity index (χ3n) is 11.6. The lowest BCUT2D eigenvalue weighted by Crippen LogP contribution is -2.46. The molecule has 16 nitrogen and oxygen atoms in total. The number of allylic oxidation sites excluding steroid dienone is 2. The lowest BCUT2D eigenvalue weighted by Gasteiger charge is -2.38. The Morgan fingerprint density at radius 2 is 1.60 bits per heavy atom. The quantitative estimate of drug-likeness (QED) is 0.0502. The first-order valence-electron chi connectivity index (χ1n) is 20.1. The number of phenols is 3. The number of aliphatic hydroxyl groups is 2. The maximum absolute atomic E-state index is 14.4. The van der Waals surface area contributed by atoms with Gasteiger partial charge in [0.25, 0.3) is 11.7 Å². The van der Waals surface area contributed by atoms with E-state index >= 15 is 0 Å². The molecule has 328 valence electrons. The number of ether oxygens (including phenoxy) is 4. The number of amidine groups is 1. The van der Waals surface area contributed by atoms with Gasteiger partial charge in [-0.15, -0.1) is 5.10 Å². The van der Waals surface area contributed by atoms with Crippen LogP contribution in [-0.2, 0) is 23.8 Å². The molecule has 5 rings (SSSR count).